The highest BCUT2D eigenvalue weighted by molar-refractivity contribution is 5.33. The van der Waals surface area contributed by atoms with Gasteiger partial charge in [-0.2, -0.15) is 0 Å². The van der Waals surface area contributed by atoms with Crippen molar-refractivity contribution < 1.29 is 0 Å². The summed E-state index contributed by atoms with van der Waals surface area (Å²) in [4.78, 5) is 4.56. The van der Waals surface area contributed by atoms with E-state index in [1.807, 2.05) is 11.5 Å². The number of pyridine rings is 1. The van der Waals surface area contributed by atoms with Gasteiger partial charge >= 0.3 is 0 Å². The first kappa shape index (κ1) is 14.7. The van der Waals surface area contributed by atoms with Crippen LogP contribution >= 0.6 is 0 Å². The quantitative estimate of drug-likeness (QED) is 0.909. The summed E-state index contributed by atoms with van der Waals surface area (Å²) in [6, 6.07) is 2.37. The van der Waals surface area contributed by atoms with E-state index in [-0.39, 0.29) is 6.04 Å². The molecule has 0 amide bonds. The van der Waals surface area contributed by atoms with Crippen molar-refractivity contribution in [2.75, 3.05) is 0 Å². The molecule has 1 atom stereocenters. The van der Waals surface area contributed by atoms with E-state index in [0.29, 0.717) is 6.54 Å². The first-order chi connectivity index (χ1) is 9.52. The molecule has 2 heterocycles. The maximum atomic E-state index is 4.56. The number of hydrogen-bond donors (Lipinski definition) is 1. The van der Waals surface area contributed by atoms with E-state index in [4.69, 9.17) is 0 Å². The molecular formula is C15H23N5. The molecule has 0 spiro atoms. The highest BCUT2D eigenvalue weighted by Crippen LogP contribution is 2.21. The van der Waals surface area contributed by atoms with Gasteiger partial charge in [0.25, 0.3) is 0 Å². The number of nitrogens with zero attached hydrogens (tertiary/aromatic N) is 4. The first-order valence-corrected chi connectivity index (χ1v) is 7.07. The van der Waals surface area contributed by atoms with Gasteiger partial charge in [-0.1, -0.05) is 0 Å². The molecule has 5 nitrogen and oxygen atoms in total. The van der Waals surface area contributed by atoms with Crippen LogP contribution in [0.3, 0.4) is 0 Å². The Labute approximate surface area is 120 Å². The van der Waals surface area contributed by atoms with Crippen molar-refractivity contribution in [3.8, 4) is 0 Å². The molecule has 0 bridgehead atoms. The molecule has 1 N–H and O–H groups in total. The van der Waals surface area contributed by atoms with Gasteiger partial charge in [-0.3, -0.25) is 4.98 Å². The monoisotopic (exact) mass is 273 g/mol. The van der Waals surface area contributed by atoms with Crippen LogP contribution in [0.15, 0.2) is 12.4 Å². The second kappa shape index (κ2) is 6.13. The van der Waals surface area contributed by atoms with E-state index in [1.165, 1.54) is 11.1 Å². The van der Waals surface area contributed by atoms with Gasteiger partial charge in [-0.25, -0.2) is 0 Å². The lowest BCUT2D eigenvalue weighted by atomic mass is 10.0. The fourth-order valence-electron chi connectivity index (χ4n) is 2.71. The second-order valence-corrected chi connectivity index (χ2v) is 5.22. The highest BCUT2D eigenvalue weighted by Gasteiger charge is 2.13. The van der Waals surface area contributed by atoms with Crippen molar-refractivity contribution >= 4 is 0 Å². The summed E-state index contributed by atoms with van der Waals surface area (Å²) in [7, 11) is 0. The summed E-state index contributed by atoms with van der Waals surface area (Å²) in [6.45, 7) is 12.1. The van der Waals surface area contributed by atoms with Gasteiger partial charge in [-0.15, -0.1) is 10.2 Å². The summed E-state index contributed by atoms with van der Waals surface area (Å²) >= 11 is 0. The molecule has 0 aliphatic rings. The molecule has 0 saturated carbocycles. The molecule has 2 aromatic rings. The van der Waals surface area contributed by atoms with Gasteiger partial charge in [0, 0.05) is 24.0 Å². The van der Waals surface area contributed by atoms with Gasteiger partial charge in [0.1, 0.15) is 12.2 Å². The predicted octanol–water partition coefficient (Wildman–Crippen LogP) is 2.47. The van der Waals surface area contributed by atoms with Gasteiger partial charge in [0.15, 0.2) is 0 Å². The zero-order valence-corrected chi connectivity index (χ0v) is 12.9. The number of hydrogen-bond acceptors (Lipinski definition) is 4. The van der Waals surface area contributed by atoms with Crippen molar-refractivity contribution in [3.05, 3.63) is 40.7 Å². The van der Waals surface area contributed by atoms with Gasteiger partial charge < -0.3 is 9.88 Å². The lowest BCUT2D eigenvalue weighted by molar-refractivity contribution is 0.534. The second-order valence-electron chi connectivity index (χ2n) is 5.22. The minimum Gasteiger partial charge on any atom is -0.317 e. The Morgan fingerprint density at radius 3 is 2.70 bits per heavy atom. The van der Waals surface area contributed by atoms with Crippen molar-refractivity contribution in [3.63, 3.8) is 0 Å². The molecule has 0 fully saturated rings. The molecule has 2 rings (SSSR count). The zero-order valence-electron chi connectivity index (χ0n) is 12.9. The van der Waals surface area contributed by atoms with Crippen molar-refractivity contribution in [2.24, 2.45) is 0 Å². The molecule has 0 radical (unpaired) electrons. The molecular weight excluding hydrogens is 250 g/mol. The minimum atomic E-state index is 0.241. The molecule has 20 heavy (non-hydrogen) atoms. The Hall–Kier alpha value is -1.75. The van der Waals surface area contributed by atoms with E-state index >= 15 is 0 Å². The van der Waals surface area contributed by atoms with Crippen LogP contribution in [-0.4, -0.2) is 19.7 Å². The molecule has 0 saturated heterocycles. The van der Waals surface area contributed by atoms with Crippen LogP contribution < -0.4 is 5.32 Å². The van der Waals surface area contributed by atoms with E-state index < -0.39 is 0 Å². The summed E-state index contributed by atoms with van der Waals surface area (Å²) < 4.78 is 2.05. The summed E-state index contributed by atoms with van der Waals surface area (Å²) in [5, 5.41) is 11.6. The van der Waals surface area contributed by atoms with Crippen LogP contribution in [0.5, 0.6) is 0 Å². The molecule has 0 aliphatic heterocycles. The van der Waals surface area contributed by atoms with Crippen LogP contribution in [0.2, 0.25) is 0 Å². The predicted molar refractivity (Wildman–Crippen MR) is 79.4 cm³/mol. The fraction of sp³-hybridized carbons (Fsp3) is 0.533. The fourth-order valence-corrected chi connectivity index (χ4v) is 2.71. The lowest BCUT2D eigenvalue weighted by Gasteiger charge is -2.19. The average molecular weight is 273 g/mol. The van der Waals surface area contributed by atoms with E-state index in [2.05, 4.69) is 54.3 Å². The van der Waals surface area contributed by atoms with Crippen LogP contribution in [-0.2, 0) is 13.1 Å². The average Bonchev–Trinajstić information content (AvgIpc) is 2.82. The maximum absolute atomic E-state index is 4.56. The Morgan fingerprint density at radius 1 is 1.30 bits per heavy atom. The van der Waals surface area contributed by atoms with Crippen LogP contribution in [0.25, 0.3) is 0 Å². The molecule has 2 aromatic heterocycles. The van der Waals surface area contributed by atoms with Crippen LogP contribution in [0.1, 0.15) is 48.2 Å². The third-order valence-electron chi connectivity index (χ3n) is 3.62. The van der Waals surface area contributed by atoms with Crippen molar-refractivity contribution in [1.82, 2.24) is 25.1 Å². The summed E-state index contributed by atoms with van der Waals surface area (Å²) in [5.41, 5.74) is 4.73. The van der Waals surface area contributed by atoms with Gasteiger partial charge in [0.05, 0.1) is 6.54 Å². The minimum absolute atomic E-state index is 0.241. The van der Waals surface area contributed by atoms with Crippen molar-refractivity contribution in [2.45, 2.75) is 53.8 Å². The third kappa shape index (κ3) is 3.04. The largest absolute Gasteiger partial charge is 0.317 e. The lowest BCUT2D eigenvalue weighted by Crippen LogP contribution is -2.22. The number of aryl methyl sites for hydroxylation is 4. The zero-order chi connectivity index (χ0) is 14.7. The number of nitrogens with one attached hydrogen (secondary N) is 1. The Balaban J connectivity index is 2.11. The SMILES string of the molecule is CCn1cnnc1CNC(C)c1c(C)cc(C)nc1C. The first-order valence-electron chi connectivity index (χ1n) is 7.07. The maximum Gasteiger partial charge on any atom is 0.146 e. The smallest absolute Gasteiger partial charge is 0.146 e. The Kier molecular flexibility index (Phi) is 4.49. The normalized spacial score (nSPS) is 12.7. The van der Waals surface area contributed by atoms with Gasteiger partial charge in [-0.05, 0) is 51.8 Å². The molecule has 0 aliphatic carbocycles. The summed E-state index contributed by atoms with van der Waals surface area (Å²) in [6.07, 6.45) is 1.77. The number of rotatable bonds is 5. The topological polar surface area (TPSA) is 55.6 Å². The molecule has 5 heteroatoms. The van der Waals surface area contributed by atoms with Crippen LogP contribution in [0.4, 0.5) is 0 Å². The molecule has 1 unspecified atom stereocenters. The Morgan fingerprint density at radius 2 is 2.05 bits per heavy atom. The summed E-state index contributed by atoms with van der Waals surface area (Å²) in [5.74, 6) is 0.967. The van der Waals surface area contributed by atoms with Crippen LogP contribution in [0, 0.1) is 20.8 Å². The molecule has 108 valence electrons. The molecule has 0 aromatic carbocycles. The number of aromatic nitrogens is 4. The van der Waals surface area contributed by atoms with E-state index in [1.54, 1.807) is 6.33 Å². The standard InChI is InChI=1S/C15H23N5/c1-6-20-9-17-19-14(20)8-16-12(4)15-10(2)7-11(3)18-13(15)5/h7,9,12,16H,6,8H2,1-5H3. The van der Waals surface area contributed by atoms with Crippen molar-refractivity contribution in [1.29, 1.82) is 0 Å². The van der Waals surface area contributed by atoms with Gasteiger partial charge in [0.2, 0.25) is 0 Å². The van der Waals surface area contributed by atoms with E-state index in [0.717, 1.165) is 23.8 Å². The highest BCUT2D eigenvalue weighted by atomic mass is 15.3. The van der Waals surface area contributed by atoms with E-state index in [9.17, 15) is 0 Å². The third-order valence-corrected chi connectivity index (χ3v) is 3.62. The Bertz CT molecular complexity index is 565.